The highest BCUT2D eigenvalue weighted by atomic mass is 32.2. The summed E-state index contributed by atoms with van der Waals surface area (Å²) in [5.74, 6) is -0.623. The maximum Gasteiger partial charge on any atom is 0.534 e. The van der Waals surface area contributed by atoms with E-state index in [2.05, 4.69) is 10.8 Å². The third-order valence-electron chi connectivity index (χ3n) is 2.58. The van der Waals surface area contributed by atoms with E-state index in [0.717, 1.165) is 0 Å². The lowest BCUT2D eigenvalue weighted by molar-refractivity contribution is -0.119. The Balaban J connectivity index is 4.48. The highest BCUT2D eigenvalue weighted by Gasteiger charge is 2.48. The van der Waals surface area contributed by atoms with Gasteiger partial charge in [0, 0.05) is 26.5 Å². The number of ketones is 1. The van der Waals surface area contributed by atoms with Gasteiger partial charge in [-0.3, -0.25) is 4.79 Å². The summed E-state index contributed by atoms with van der Waals surface area (Å²) < 4.78 is 67.2. The number of Topliss-reactive ketones (excluding diaryl/α,β-unsaturated/α-hetero) is 1. The number of ether oxygens (including phenoxy) is 1. The number of carbonyl (C=O) groups is 1. The molecule has 0 radical (unpaired) electrons. The summed E-state index contributed by atoms with van der Waals surface area (Å²) in [4.78, 5) is 13.0. The third-order valence-corrected chi connectivity index (χ3v) is 3.60. The lowest BCUT2D eigenvalue weighted by Gasteiger charge is -2.18. The number of allylic oxidation sites excluding steroid dienone is 1. The minimum Gasteiger partial charge on any atom is -0.381 e. The zero-order chi connectivity index (χ0) is 19.0. The van der Waals surface area contributed by atoms with Crippen LogP contribution in [0, 0.1) is 0 Å². The zero-order valence-corrected chi connectivity index (χ0v) is 14.7. The predicted octanol–water partition coefficient (Wildman–Crippen LogP) is 2.59. The fraction of sp³-hybridized carbons (Fsp3) is 0.643. The summed E-state index contributed by atoms with van der Waals surface area (Å²) in [6.45, 7) is 7.22. The number of halogens is 3. The van der Waals surface area contributed by atoms with Crippen molar-refractivity contribution in [2.45, 2.75) is 32.2 Å². The zero-order valence-electron chi connectivity index (χ0n) is 13.9. The highest BCUT2D eigenvalue weighted by molar-refractivity contribution is 7.87. The number of hydrogen-bond acceptors (Lipinski definition) is 6. The second-order valence-electron chi connectivity index (χ2n) is 5.07. The van der Waals surface area contributed by atoms with Gasteiger partial charge in [0.15, 0.2) is 0 Å². The monoisotopic (exact) mass is 373 g/mol. The Bertz CT molecular complexity index is 569. The summed E-state index contributed by atoms with van der Waals surface area (Å²) in [5.41, 5.74) is -4.85. The first-order valence-corrected chi connectivity index (χ1v) is 8.45. The maximum absolute atomic E-state index is 12.2. The van der Waals surface area contributed by atoms with E-state index in [1.807, 2.05) is 6.92 Å². The lowest BCUT2D eigenvalue weighted by Crippen LogP contribution is -2.27. The lowest BCUT2D eigenvalue weighted by atomic mass is 10.1. The summed E-state index contributed by atoms with van der Waals surface area (Å²) in [5, 5.41) is 0. The van der Waals surface area contributed by atoms with Crippen molar-refractivity contribution in [3.8, 4) is 0 Å². The van der Waals surface area contributed by atoms with E-state index in [0.29, 0.717) is 18.8 Å². The molecule has 0 aliphatic heterocycles. The van der Waals surface area contributed by atoms with Crippen molar-refractivity contribution in [1.29, 1.82) is 0 Å². The Morgan fingerprint density at radius 2 is 1.92 bits per heavy atom. The number of nitrogens with zero attached hydrogens (tertiary/aromatic N) is 1. The minimum atomic E-state index is -5.72. The van der Waals surface area contributed by atoms with Crippen LogP contribution in [0.3, 0.4) is 0 Å². The van der Waals surface area contributed by atoms with Gasteiger partial charge in [-0.2, -0.15) is 21.6 Å². The molecule has 0 atom stereocenters. The molecule has 0 aromatic carbocycles. The molecular formula is C14H22F3NO5S. The summed E-state index contributed by atoms with van der Waals surface area (Å²) in [6.07, 6.45) is 1.93. The van der Waals surface area contributed by atoms with Gasteiger partial charge in [0.1, 0.15) is 11.5 Å². The van der Waals surface area contributed by atoms with Crippen LogP contribution in [0.15, 0.2) is 24.1 Å². The van der Waals surface area contributed by atoms with Crippen LogP contribution in [0.25, 0.3) is 0 Å². The second-order valence-corrected chi connectivity index (χ2v) is 6.61. The van der Waals surface area contributed by atoms with E-state index in [9.17, 15) is 26.4 Å². The number of carbonyl (C=O) groups excluding carboxylic acids is 1. The Morgan fingerprint density at radius 1 is 1.33 bits per heavy atom. The van der Waals surface area contributed by atoms with Gasteiger partial charge in [0.2, 0.25) is 0 Å². The van der Waals surface area contributed by atoms with Gasteiger partial charge in [-0.15, -0.1) is 0 Å². The first kappa shape index (κ1) is 22.4. The molecule has 0 bridgehead atoms. The van der Waals surface area contributed by atoms with Crippen LogP contribution in [-0.2, 0) is 23.8 Å². The molecule has 0 aliphatic rings. The van der Waals surface area contributed by atoms with Gasteiger partial charge in [0.05, 0.1) is 13.2 Å². The quantitative estimate of drug-likeness (QED) is 0.240. The molecule has 0 heterocycles. The Kier molecular flexibility index (Phi) is 9.05. The van der Waals surface area contributed by atoms with Gasteiger partial charge >= 0.3 is 15.6 Å². The highest BCUT2D eigenvalue weighted by Crippen LogP contribution is 2.26. The largest absolute Gasteiger partial charge is 0.534 e. The fourth-order valence-corrected chi connectivity index (χ4v) is 2.16. The normalized spacial score (nSPS) is 12.8. The molecule has 0 saturated heterocycles. The number of hydrogen-bond donors (Lipinski definition) is 0. The first-order chi connectivity index (χ1) is 10.9. The van der Waals surface area contributed by atoms with Gasteiger partial charge in [-0.25, -0.2) is 0 Å². The predicted molar refractivity (Wildman–Crippen MR) is 82.3 cm³/mol. The van der Waals surface area contributed by atoms with Crippen molar-refractivity contribution in [2.75, 3.05) is 26.8 Å². The van der Waals surface area contributed by atoms with Crippen molar-refractivity contribution in [3.63, 3.8) is 0 Å². The molecule has 0 aromatic heterocycles. The minimum absolute atomic E-state index is 0.0414. The standard InChI is InChI=1S/C14H22F3NO5S/c1-5-22-7-6-13(19)8-11(2)9-18(4)10-12(3)23-24(20,21)14(15,16)17/h9H,3,5-8,10H2,1-2,4H3/b11-9+. The van der Waals surface area contributed by atoms with Crippen LogP contribution in [0.5, 0.6) is 0 Å². The van der Waals surface area contributed by atoms with Crippen LogP contribution in [0.4, 0.5) is 13.2 Å². The maximum atomic E-state index is 12.2. The average Bonchev–Trinajstić information content (AvgIpc) is 2.35. The van der Waals surface area contributed by atoms with Crippen molar-refractivity contribution < 1.29 is 35.3 Å². The Labute approximate surface area is 140 Å². The van der Waals surface area contributed by atoms with Crippen LogP contribution in [0.2, 0.25) is 0 Å². The average molecular weight is 373 g/mol. The molecule has 24 heavy (non-hydrogen) atoms. The Hall–Kier alpha value is -1.55. The summed E-state index contributed by atoms with van der Waals surface area (Å²) in [6, 6.07) is 0. The molecule has 0 unspecified atom stereocenters. The van der Waals surface area contributed by atoms with Gasteiger partial charge < -0.3 is 13.8 Å². The molecule has 0 aliphatic carbocycles. The SMILES string of the molecule is C=C(CN(C)/C=C(\C)CC(=O)CCOCC)OS(=O)(=O)C(F)(F)F. The first-order valence-electron chi connectivity index (χ1n) is 7.04. The topological polar surface area (TPSA) is 72.9 Å². The van der Waals surface area contributed by atoms with E-state index >= 15 is 0 Å². The van der Waals surface area contributed by atoms with Crippen molar-refractivity contribution in [3.05, 3.63) is 24.1 Å². The van der Waals surface area contributed by atoms with Crippen LogP contribution in [-0.4, -0.2) is 51.4 Å². The molecule has 0 aromatic rings. The van der Waals surface area contributed by atoms with Crippen LogP contribution >= 0.6 is 0 Å². The summed E-state index contributed by atoms with van der Waals surface area (Å²) in [7, 11) is -4.23. The molecule has 0 amide bonds. The molecule has 10 heteroatoms. The number of alkyl halides is 3. The summed E-state index contributed by atoms with van der Waals surface area (Å²) >= 11 is 0. The second kappa shape index (κ2) is 9.67. The molecule has 6 nitrogen and oxygen atoms in total. The van der Waals surface area contributed by atoms with E-state index in [1.54, 1.807) is 6.92 Å². The molecule has 0 fully saturated rings. The number of likely N-dealkylation sites (N-methyl/N-ethyl adjacent to an activating group) is 1. The van der Waals surface area contributed by atoms with E-state index in [1.165, 1.54) is 18.1 Å². The molecule has 0 rings (SSSR count). The van der Waals surface area contributed by atoms with E-state index in [-0.39, 0.29) is 25.2 Å². The van der Waals surface area contributed by atoms with Crippen molar-refractivity contribution >= 4 is 15.9 Å². The van der Waals surface area contributed by atoms with E-state index in [4.69, 9.17) is 4.74 Å². The molecule has 0 saturated carbocycles. The van der Waals surface area contributed by atoms with Gasteiger partial charge in [-0.05, 0) is 20.0 Å². The third kappa shape index (κ3) is 8.92. The van der Waals surface area contributed by atoms with Gasteiger partial charge in [-0.1, -0.05) is 12.2 Å². The van der Waals surface area contributed by atoms with Gasteiger partial charge in [0.25, 0.3) is 0 Å². The molecular weight excluding hydrogens is 351 g/mol. The molecule has 0 spiro atoms. The number of rotatable bonds is 11. The van der Waals surface area contributed by atoms with Crippen LogP contribution < -0.4 is 0 Å². The fourth-order valence-electron chi connectivity index (χ4n) is 1.70. The molecule has 0 N–H and O–H groups in total. The molecule has 140 valence electrons. The van der Waals surface area contributed by atoms with Crippen molar-refractivity contribution in [2.24, 2.45) is 0 Å². The smallest absolute Gasteiger partial charge is 0.381 e. The van der Waals surface area contributed by atoms with E-state index < -0.39 is 21.4 Å². The Morgan fingerprint density at radius 3 is 2.42 bits per heavy atom. The van der Waals surface area contributed by atoms with Crippen molar-refractivity contribution in [1.82, 2.24) is 4.90 Å². The van der Waals surface area contributed by atoms with Crippen LogP contribution in [0.1, 0.15) is 26.7 Å².